The average molecular weight is 466 g/mol. The monoisotopic (exact) mass is 465 g/mol. The van der Waals surface area contributed by atoms with E-state index < -0.39 is 6.04 Å². The van der Waals surface area contributed by atoms with Crippen molar-refractivity contribution in [2.45, 2.75) is 72.7 Å². The van der Waals surface area contributed by atoms with Crippen LogP contribution < -0.4 is 5.73 Å². The molecule has 1 aliphatic rings. The van der Waals surface area contributed by atoms with Crippen LogP contribution in [0.4, 0.5) is 4.79 Å². The van der Waals surface area contributed by atoms with Gasteiger partial charge in [0.1, 0.15) is 6.61 Å². The summed E-state index contributed by atoms with van der Waals surface area (Å²) in [5.74, 6) is -0.0152. The van der Waals surface area contributed by atoms with Crippen LogP contribution in [0.25, 0.3) is 0 Å². The van der Waals surface area contributed by atoms with Crippen molar-refractivity contribution in [3.8, 4) is 0 Å². The Labute approximate surface area is 204 Å². The third kappa shape index (κ3) is 6.60. The Morgan fingerprint density at radius 2 is 1.74 bits per heavy atom. The first-order valence-electron chi connectivity index (χ1n) is 12.1. The Kier molecular flexibility index (Phi) is 8.37. The van der Waals surface area contributed by atoms with Crippen LogP contribution in [0.15, 0.2) is 48.5 Å². The van der Waals surface area contributed by atoms with Gasteiger partial charge in [-0.25, -0.2) is 4.79 Å². The molecule has 1 atom stereocenters. The molecule has 1 aliphatic heterocycles. The number of amides is 2. The predicted octanol–water partition coefficient (Wildman–Crippen LogP) is 4.81. The number of rotatable bonds is 6. The molecule has 1 unspecified atom stereocenters. The van der Waals surface area contributed by atoms with Gasteiger partial charge in [-0.2, -0.15) is 0 Å². The molecule has 0 bridgehead atoms. The summed E-state index contributed by atoms with van der Waals surface area (Å²) < 4.78 is 5.72. The minimum atomic E-state index is -0.536. The summed E-state index contributed by atoms with van der Waals surface area (Å²) in [4.78, 5) is 29.8. The lowest BCUT2D eigenvalue weighted by molar-refractivity contribution is -0.136. The Morgan fingerprint density at radius 1 is 1.09 bits per heavy atom. The van der Waals surface area contributed by atoms with Crippen molar-refractivity contribution in [1.82, 2.24) is 9.80 Å². The number of likely N-dealkylation sites (tertiary alicyclic amines) is 1. The van der Waals surface area contributed by atoms with E-state index in [1.165, 1.54) is 5.56 Å². The van der Waals surface area contributed by atoms with E-state index in [4.69, 9.17) is 10.5 Å². The number of aryl methyl sites for hydroxylation is 2. The van der Waals surface area contributed by atoms with Gasteiger partial charge in [0.2, 0.25) is 5.91 Å². The van der Waals surface area contributed by atoms with Gasteiger partial charge in [-0.05, 0) is 48.8 Å². The molecule has 2 N–H and O–H groups in total. The minimum absolute atomic E-state index is 0.00103. The smallest absolute Gasteiger partial charge is 0.410 e. The standard InChI is InChI=1S/C28H39N3O3/c1-20-11-12-23(21(2)17-20)18-31(27(33)34-19-22-9-7-6-8-10-22)24-13-15-30(16-14-24)26(32)25(29)28(3,4)5/h6-12,17,24-25H,13-16,18-19,29H2,1-5H3. The number of carbonyl (C=O) groups is 2. The molecule has 1 heterocycles. The van der Waals surface area contributed by atoms with Crippen molar-refractivity contribution in [1.29, 1.82) is 0 Å². The third-order valence-corrected chi connectivity index (χ3v) is 6.69. The minimum Gasteiger partial charge on any atom is -0.445 e. The maximum atomic E-state index is 13.3. The molecule has 3 rings (SSSR count). The molecule has 0 saturated carbocycles. The van der Waals surface area contributed by atoms with E-state index in [1.54, 1.807) is 0 Å². The highest BCUT2D eigenvalue weighted by Crippen LogP contribution is 2.25. The van der Waals surface area contributed by atoms with Crippen LogP contribution in [0.5, 0.6) is 0 Å². The Bertz CT molecular complexity index is 976. The van der Waals surface area contributed by atoms with Gasteiger partial charge in [-0.1, -0.05) is 74.9 Å². The topological polar surface area (TPSA) is 75.9 Å². The second kappa shape index (κ2) is 11.0. The number of nitrogens with zero attached hydrogens (tertiary/aromatic N) is 2. The number of piperidine rings is 1. The number of ether oxygens (including phenoxy) is 1. The third-order valence-electron chi connectivity index (χ3n) is 6.69. The second-order valence-electron chi connectivity index (χ2n) is 10.5. The molecule has 6 heteroatoms. The molecule has 6 nitrogen and oxygen atoms in total. The zero-order valence-electron chi connectivity index (χ0n) is 21.2. The molecule has 34 heavy (non-hydrogen) atoms. The number of hydrogen-bond donors (Lipinski definition) is 1. The van der Waals surface area contributed by atoms with Crippen molar-refractivity contribution in [2.24, 2.45) is 11.1 Å². The van der Waals surface area contributed by atoms with Crippen LogP contribution in [-0.2, 0) is 22.7 Å². The predicted molar refractivity (Wildman–Crippen MR) is 135 cm³/mol. The van der Waals surface area contributed by atoms with Gasteiger partial charge in [0.05, 0.1) is 6.04 Å². The van der Waals surface area contributed by atoms with Gasteiger partial charge >= 0.3 is 6.09 Å². The Balaban J connectivity index is 1.71. The molecular formula is C28H39N3O3. The van der Waals surface area contributed by atoms with Gasteiger partial charge in [0, 0.05) is 25.7 Å². The normalized spacial score (nSPS) is 15.6. The molecule has 2 aromatic rings. The molecular weight excluding hydrogens is 426 g/mol. The van der Waals surface area contributed by atoms with Crippen molar-refractivity contribution in [2.75, 3.05) is 13.1 Å². The highest BCUT2D eigenvalue weighted by Gasteiger charge is 2.35. The van der Waals surface area contributed by atoms with Gasteiger partial charge in [0.15, 0.2) is 0 Å². The largest absolute Gasteiger partial charge is 0.445 e. The Hall–Kier alpha value is -2.86. The first-order chi connectivity index (χ1) is 16.1. The highest BCUT2D eigenvalue weighted by atomic mass is 16.6. The van der Waals surface area contributed by atoms with Crippen molar-refractivity contribution >= 4 is 12.0 Å². The van der Waals surface area contributed by atoms with E-state index in [1.807, 2.05) is 60.9 Å². The molecule has 0 spiro atoms. The fourth-order valence-corrected chi connectivity index (χ4v) is 4.32. The fraction of sp³-hybridized carbons (Fsp3) is 0.500. The van der Waals surface area contributed by atoms with Crippen LogP contribution in [-0.4, -0.2) is 47.0 Å². The van der Waals surface area contributed by atoms with Crippen LogP contribution in [0.1, 0.15) is 55.9 Å². The Morgan fingerprint density at radius 3 is 2.32 bits per heavy atom. The van der Waals surface area contributed by atoms with Crippen molar-refractivity contribution < 1.29 is 14.3 Å². The van der Waals surface area contributed by atoms with E-state index in [0.29, 0.717) is 32.5 Å². The van der Waals surface area contributed by atoms with Gasteiger partial charge in [-0.3, -0.25) is 4.79 Å². The fourth-order valence-electron chi connectivity index (χ4n) is 4.32. The maximum absolute atomic E-state index is 13.3. The molecule has 184 valence electrons. The molecule has 0 radical (unpaired) electrons. The summed E-state index contributed by atoms with van der Waals surface area (Å²) in [6, 6.07) is 15.5. The molecule has 2 aromatic carbocycles. The van der Waals surface area contributed by atoms with Crippen molar-refractivity contribution in [3.05, 3.63) is 70.8 Å². The van der Waals surface area contributed by atoms with E-state index in [0.717, 1.165) is 16.7 Å². The average Bonchev–Trinajstić information content (AvgIpc) is 2.81. The second-order valence-corrected chi connectivity index (χ2v) is 10.5. The highest BCUT2D eigenvalue weighted by molar-refractivity contribution is 5.82. The van der Waals surface area contributed by atoms with Crippen LogP contribution in [0, 0.1) is 19.3 Å². The number of carbonyl (C=O) groups excluding carboxylic acids is 2. The summed E-state index contributed by atoms with van der Waals surface area (Å²) in [5, 5.41) is 0. The van der Waals surface area contributed by atoms with Gasteiger partial charge in [-0.15, -0.1) is 0 Å². The lowest BCUT2D eigenvalue weighted by atomic mass is 9.86. The first-order valence-corrected chi connectivity index (χ1v) is 12.1. The van der Waals surface area contributed by atoms with Crippen LogP contribution in [0.3, 0.4) is 0 Å². The van der Waals surface area contributed by atoms with E-state index >= 15 is 0 Å². The van der Waals surface area contributed by atoms with E-state index in [2.05, 4.69) is 32.0 Å². The van der Waals surface area contributed by atoms with Gasteiger partial charge < -0.3 is 20.3 Å². The zero-order chi connectivity index (χ0) is 24.9. The molecule has 1 saturated heterocycles. The summed E-state index contributed by atoms with van der Waals surface area (Å²) in [6.45, 7) is 12.0. The summed E-state index contributed by atoms with van der Waals surface area (Å²) in [6.07, 6.45) is 1.09. The van der Waals surface area contributed by atoms with E-state index in [-0.39, 0.29) is 30.1 Å². The van der Waals surface area contributed by atoms with Crippen molar-refractivity contribution in [3.63, 3.8) is 0 Å². The SMILES string of the molecule is Cc1ccc(CN(C(=O)OCc2ccccc2)C2CCN(C(=O)C(N)C(C)(C)C)CC2)c(C)c1. The summed E-state index contributed by atoms with van der Waals surface area (Å²) in [7, 11) is 0. The lowest BCUT2D eigenvalue weighted by Crippen LogP contribution is -2.54. The zero-order valence-corrected chi connectivity index (χ0v) is 21.2. The number of benzene rings is 2. The number of nitrogens with two attached hydrogens (primary N) is 1. The maximum Gasteiger partial charge on any atom is 0.410 e. The van der Waals surface area contributed by atoms with Crippen LogP contribution >= 0.6 is 0 Å². The molecule has 1 fully saturated rings. The first kappa shape index (κ1) is 25.8. The van der Waals surface area contributed by atoms with E-state index in [9.17, 15) is 9.59 Å². The summed E-state index contributed by atoms with van der Waals surface area (Å²) >= 11 is 0. The number of hydrogen-bond acceptors (Lipinski definition) is 4. The molecule has 0 aromatic heterocycles. The summed E-state index contributed by atoms with van der Waals surface area (Å²) in [5.41, 5.74) is 10.3. The molecule has 0 aliphatic carbocycles. The van der Waals surface area contributed by atoms with Crippen LogP contribution in [0.2, 0.25) is 0 Å². The molecule has 2 amide bonds. The quantitative estimate of drug-likeness (QED) is 0.664. The lowest BCUT2D eigenvalue weighted by Gasteiger charge is -2.40. The van der Waals surface area contributed by atoms with Gasteiger partial charge in [0.25, 0.3) is 0 Å².